The number of esters is 1. The summed E-state index contributed by atoms with van der Waals surface area (Å²) < 4.78 is 32.8. The Morgan fingerprint density at radius 1 is 1.22 bits per heavy atom. The summed E-state index contributed by atoms with van der Waals surface area (Å²) in [4.78, 5) is 27.2. The van der Waals surface area contributed by atoms with Crippen LogP contribution in [0.4, 0.5) is 0 Å². The fourth-order valence-corrected chi connectivity index (χ4v) is 3.15. The Labute approximate surface area is 157 Å². The van der Waals surface area contributed by atoms with E-state index in [0.717, 1.165) is 5.56 Å². The van der Waals surface area contributed by atoms with E-state index in [-0.39, 0.29) is 18.0 Å². The molecule has 0 saturated heterocycles. The number of hydrogen-bond donors (Lipinski definition) is 2. The van der Waals surface area contributed by atoms with Gasteiger partial charge in [-0.15, -0.1) is 0 Å². The molecule has 1 aromatic carbocycles. The van der Waals surface area contributed by atoms with Crippen LogP contribution in [0.15, 0.2) is 41.6 Å². The molecule has 9 nitrogen and oxygen atoms in total. The Morgan fingerprint density at radius 2 is 1.93 bits per heavy atom. The fraction of sp³-hybridized carbons (Fsp3) is 0.353. The Hall–Kier alpha value is -2.72. The lowest BCUT2D eigenvalue weighted by molar-refractivity contribution is -0.148. The molecular formula is C17H22N4O5S. The molecule has 1 aromatic heterocycles. The van der Waals surface area contributed by atoms with E-state index in [2.05, 4.69) is 15.0 Å². The first-order chi connectivity index (χ1) is 12.8. The standard InChI is InChI=1S/C17H22N4O5S/c1-13-20-16(11-21(13)2)27(24,25)19-9-8-17(23)26-12-15(22)18-10-14-6-4-3-5-7-14/h3-7,11,19H,8-10,12H2,1-2H3,(H,18,22). The number of nitrogens with one attached hydrogen (secondary N) is 2. The first-order valence-corrected chi connectivity index (χ1v) is 9.72. The summed E-state index contributed by atoms with van der Waals surface area (Å²) in [6.45, 7) is 1.44. The highest BCUT2D eigenvalue weighted by molar-refractivity contribution is 7.89. The van der Waals surface area contributed by atoms with E-state index in [1.54, 1.807) is 18.5 Å². The molecule has 0 aliphatic carbocycles. The topological polar surface area (TPSA) is 119 Å². The summed E-state index contributed by atoms with van der Waals surface area (Å²) in [5.41, 5.74) is 0.927. The second kappa shape index (κ2) is 9.28. The summed E-state index contributed by atoms with van der Waals surface area (Å²) in [7, 11) is -2.12. The van der Waals surface area contributed by atoms with Crippen molar-refractivity contribution < 1.29 is 22.7 Å². The first-order valence-electron chi connectivity index (χ1n) is 8.24. The normalized spacial score (nSPS) is 11.2. The van der Waals surface area contributed by atoms with Gasteiger partial charge in [0, 0.05) is 26.3 Å². The number of amides is 1. The molecule has 0 spiro atoms. The zero-order chi connectivity index (χ0) is 19.9. The summed E-state index contributed by atoms with van der Waals surface area (Å²) in [5.74, 6) is -0.558. The number of aryl methyl sites for hydroxylation is 2. The molecule has 10 heteroatoms. The van der Waals surface area contributed by atoms with Gasteiger partial charge in [-0.25, -0.2) is 18.1 Å². The van der Waals surface area contributed by atoms with E-state index >= 15 is 0 Å². The minimum Gasteiger partial charge on any atom is -0.456 e. The second-order valence-corrected chi connectivity index (χ2v) is 7.52. The zero-order valence-electron chi connectivity index (χ0n) is 15.1. The number of rotatable bonds is 9. The van der Waals surface area contributed by atoms with Gasteiger partial charge in [-0.3, -0.25) is 9.59 Å². The number of sulfonamides is 1. The molecule has 27 heavy (non-hydrogen) atoms. The molecule has 1 heterocycles. The lowest BCUT2D eigenvalue weighted by Gasteiger charge is -2.07. The van der Waals surface area contributed by atoms with Gasteiger partial charge in [0.2, 0.25) is 0 Å². The molecule has 0 saturated carbocycles. The maximum Gasteiger partial charge on any atom is 0.307 e. The van der Waals surface area contributed by atoms with Crippen molar-refractivity contribution in [3.05, 3.63) is 47.9 Å². The predicted octanol–water partition coefficient (Wildman–Crippen LogP) is 0.257. The van der Waals surface area contributed by atoms with Gasteiger partial charge in [-0.05, 0) is 12.5 Å². The molecule has 146 valence electrons. The fourth-order valence-electron chi connectivity index (χ4n) is 2.08. The van der Waals surface area contributed by atoms with E-state index < -0.39 is 28.5 Å². The molecule has 2 aromatic rings. The molecule has 0 atom stereocenters. The maximum atomic E-state index is 12.1. The molecule has 0 bridgehead atoms. The largest absolute Gasteiger partial charge is 0.456 e. The molecule has 0 radical (unpaired) electrons. The summed E-state index contributed by atoms with van der Waals surface area (Å²) in [6, 6.07) is 9.31. The average molecular weight is 394 g/mol. The van der Waals surface area contributed by atoms with Gasteiger partial charge < -0.3 is 14.6 Å². The van der Waals surface area contributed by atoms with Crippen LogP contribution in [0.5, 0.6) is 0 Å². The highest BCUT2D eigenvalue weighted by Crippen LogP contribution is 2.07. The average Bonchev–Trinajstić information content (AvgIpc) is 2.99. The summed E-state index contributed by atoms with van der Waals surface area (Å²) >= 11 is 0. The molecule has 1 amide bonds. The van der Waals surface area contributed by atoms with Crippen LogP contribution in [-0.4, -0.2) is 43.0 Å². The third-order valence-electron chi connectivity index (χ3n) is 3.68. The van der Waals surface area contributed by atoms with Crippen molar-refractivity contribution in [2.75, 3.05) is 13.2 Å². The van der Waals surface area contributed by atoms with Crippen molar-refractivity contribution in [3.8, 4) is 0 Å². The van der Waals surface area contributed by atoms with E-state index in [1.807, 2.05) is 30.3 Å². The monoisotopic (exact) mass is 394 g/mol. The molecule has 0 aliphatic heterocycles. The number of nitrogens with zero attached hydrogens (tertiary/aromatic N) is 2. The summed E-state index contributed by atoms with van der Waals surface area (Å²) in [5, 5.41) is 2.51. The van der Waals surface area contributed by atoms with Crippen LogP contribution >= 0.6 is 0 Å². The second-order valence-electron chi connectivity index (χ2n) is 5.81. The zero-order valence-corrected chi connectivity index (χ0v) is 16.0. The van der Waals surface area contributed by atoms with Crippen LogP contribution in [0.2, 0.25) is 0 Å². The number of benzene rings is 1. The molecule has 0 aliphatic rings. The van der Waals surface area contributed by atoms with Crippen molar-refractivity contribution in [1.82, 2.24) is 19.6 Å². The van der Waals surface area contributed by atoms with Gasteiger partial charge in [0.05, 0.1) is 6.42 Å². The molecule has 2 rings (SSSR count). The summed E-state index contributed by atoms with van der Waals surface area (Å²) in [6.07, 6.45) is 1.18. The molecule has 0 fully saturated rings. The van der Waals surface area contributed by atoms with Gasteiger partial charge in [0.1, 0.15) is 5.82 Å². The quantitative estimate of drug-likeness (QED) is 0.589. The Morgan fingerprint density at radius 3 is 2.56 bits per heavy atom. The van der Waals surface area contributed by atoms with Crippen molar-refractivity contribution in [1.29, 1.82) is 0 Å². The highest BCUT2D eigenvalue weighted by atomic mass is 32.2. The van der Waals surface area contributed by atoms with E-state index in [9.17, 15) is 18.0 Å². The minimum atomic E-state index is -3.80. The Bertz CT molecular complexity index is 874. The first kappa shape index (κ1) is 20.6. The van der Waals surface area contributed by atoms with Crippen LogP contribution in [0.3, 0.4) is 0 Å². The number of imidazole rings is 1. The number of carbonyl (C=O) groups is 2. The van der Waals surface area contributed by atoms with Crippen LogP contribution in [-0.2, 0) is 37.9 Å². The van der Waals surface area contributed by atoms with Crippen molar-refractivity contribution in [3.63, 3.8) is 0 Å². The number of ether oxygens (including phenoxy) is 1. The van der Waals surface area contributed by atoms with E-state index in [4.69, 9.17) is 4.74 Å². The highest BCUT2D eigenvalue weighted by Gasteiger charge is 2.18. The van der Waals surface area contributed by atoms with Crippen molar-refractivity contribution >= 4 is 21.9 Å². The molecular weight excluding hydrogens is 372 g/mol. The van der Waals surface area contributed by atoms with Gasteiger partial charge in [0.15, 0.2) is 11.6 Å². The van der Waals surface area contributed by atoms with Crippen LogP contribution < -0.4 is 10.0 Å². The van der Waals surface area contributed by atoms with Crippen molar-refractivity contribution in [2.24, 2.45) is 7.05 Å². The maximum absolute atomic E-state index is 12.1. The molecule has 0 unspecified atom stereocenters. The van der Waals surface area contributed by atoms with Gasteiger partial charge in [-0.2, -0.15) is 0 Å². The van der Waals surface area contributed by atoms with Gasteiger partial charge >= 0.3 is 5.97 Å². The number of carbonyl (C=O) groups excluding carboxylic acids is 2. The molecule has 2 N–H and O–H groups in total. The Balaban J connectivity index is 1.67. The van der Waals surface area contributed by atoms with Crippen molar-refractivity contribution in [2.45, 2.75) is 24.9 Å². The Kier molecular flexibility index (Phi) is 7.08. The van der Waals surface area contributed by atoms with Crippen LogP contribution in [0.1, 0.15) is 17.8 Å². The van der Waals surface area contributed by atoms with Gasteiger partial charge in [0.25, 0.3) is 15.9 Å². The van der Waals surface area contributed by atoms with Gasteiger partial charge in [-0.1, -0.05) is 30.3 Å². The lowest BCUT2D eigenvalue weighted by Crippen LogP contribution is -2.30. The predicted molar refractivity (Wildman–Crippen MR) is 97.0 cm³/mol. The number of aromatic nitrogens is 2. The van der Waals surface area contributed by atoms with E-state index in [0.29, 0.717) is 12.4 Å². The third kappa shape index (κ3) is 6.50. The number of hydrogen-bond acceptors (Lipinski definition) is 6. The lowest BCUT2D eigenvalue weighted by atomic mass is 10.2. The third-order valence-corrected chi connectivity index (χ3v) is 5.01. The van der Waals surface area contributed by atoms with Crippen LogP contribution in [0.25, 0.3) is 0 Å². The van der Waals surface area contributed by atoms with Crippen LogP contribution in [0, 0.1) is 6.92 Å². The minimum absolute atomic E-state index is 0.115. The van der Waals surface area contributed by atoms with E-state index in [1.165, 1.54) is 6.20 Å². The smallest absolute Gasteiger partial charge is 0.307 e. The SMILES string of the molecule is Cc1nc(S(=O)(=O)NCCC(=O)OCC(=O)NCc2ccccc2)cn1C.